The van der Waals surface area contributed by atoms with E-state index in [2.05, 4.69) is 58.4 Å². The molecule has 182 valence electrons. The van der Waals surface area contributed by atoms with Crippen molar-refractivity contribution < 1.29 is 14.7 Å². The third-order valence-corrected chi connectivity index (χ3v) is 7.47. The minimum absolute atomic E-state index is 0.0261. The van der Waals surface area contributed by atoms with Gasteiger partial charge < -0.3 is 5.11 Å². The highest BCUT2D eigenvalue weighted by molar-refractivity contribution is 8.18. The molecule has 7 heteroatoms. The van der Waals surface area contributed by atoms with Crippen molar-refractivity contribution in [3.63, 3.8) is 0 Å². The highest BCUT2D eigenvalue weighted by atomic mass is 32.2. The summed E-state index contributed by atoms with van der Waals surface area (Å²) < 4.78 is 0. The number of aliphatic carboxylic acids is 1. The molecule has 2 heterocycles. The van der Waals surface area contributed by atoms with Crippen LogP contribution in [-0.2, 0) is 35.5 Å². The number of carboxylic acid groups (broad SMARTS) is 1. The molecule has 36 heavy (non-hydrogen) atoms. The molecular formula is C29H27N3O3S. The molecule has 0 aliphatic carbocycles. The number of carboxylic acids is 1. The maximum Gasteiger partial charge on any atom is 0.307 e. The lowest BCUT2D eigenvalue weighted by Crippen LogP contribution is -2.29. The number of carbonyl (C=O) groups excluding carboxylic acids is 1. The van der Waals surface area contributed by atoms with E-state index in [1.54, 1.807) is 36.2 Å². The van der Waals surface area contributed by atoms with E-state index in [1.165, 1.54) is 28.5 Å². The van der Waals surface area contributed by atoms with Crippen LogP contribution in [0.2, 0.25) is 0 Å². The zero-order valence-corrected chi connectivity index (χ0v) is 20.9. The van der Waals surface area contributed by atoms with Gasteiger partial charge >= 0.3 is 5.97 Å². The van der Waals surface area contributed by atoms with Crippen molar-refractivity contribution >= 4 is 40.6 Å². The van der Waals surface area contributed by atoms with Crippen molar-refractivity contribution in [2.45, 2.75) is 25.9 Å². The van der Waals surface area contributed by atoms with Crippen molar-refractivity contribution in [3.05, 3.63) is 106 Å². The molecule has 2 aliphatic rings. The lowest BCUT2D eigenvalue weighted by Gasteiger charge is -2.28. The van der Waals surface area contributed by atoms with Crippen LogP contribution in [-0.4, -0.2) is 45.5 Å². The summed E-state index contributed by atoms with van der Waals surface area (Å²) in [4.78, 5) is 32.9. The number of benzene rings is 3. The number of hydrogen-bond acceptors (Lipinski definition) is 5. The van der Waals surface area contributed by atoms with Gasteiger partial charge in [0.25, 0.3) is 5.91 Å². The van der Waals surface area contributed by atoms with Crippen LogP contribution in [0.3, 0.4) is 0 Å². The maximum atomic E-state index is 12.8. The molecule has 3 aromatic rings. The summed E-state index contributed by atoms with van der Waals surface area (Å²) in [5.74, 6) is -0.955. The van der Waals surface area contributed by atoms with Crippen LogP contribution in [0.1, 0.15) is 27.8 Å². The molecule has 1 fully saturated rings. The highest BCUT2D eigenvalue weighted by Crippen LogP contribution is 2.33. The fourth-order valence-corrected chi connectivity index (χ4v) is 5.43. The Morgan fingerprint density at radius 2 is 1.69 bits per heavy atom. The molecule has 0 unspecified atom stereocenters. The Bertz CT molecular complexity index is 1350. The van der Waals surface area contributed by atoms with E-state index in [4.69, 9.17) is 5.11 Å². The van der Waals surface area contributed by atoms with Gasteiger partial charge in [0, 0.05) is 26.7 Å². The molecule has 1 N–H and O–H groups in total. The average Bonchev–Trinajstić information content (AvgIpc) is 3.13. The molecule has 0 aromatic heterocycles. The first-order chi connectivity index (χ1) is 17.4. The van der Waals surface area contributed by atoms with E-state index in [0.29, 0.717) is 21.3 Å². The second-order valence-electron chi connectivity index (χ2n) is 9.08. The highest BCUT2D eigenvalue weighted by Gasteiger charge is 2.30. The van der Waals surface area contributed by atoms with E-state index in [9.17, 15) is 9.59 Å². The van der Waals surface area contributed by atoms with E-state index in [0.717, 1.165) is 31.6 Å². The largest absolute Gasteiger partial charge is 0.481 e. The van der Waals surface area contributed by atoms with Gasteiger partial charge in [-0.2, -0.15) is 0 Å². The summed E-state index contributed by atoms with van der Waals surface area (Å²) in [6.45, 7) is 2.94. The molecule has 0 spiro atoms. The van der Waals surface area contributed by atoms with E-state index < -0.39 is 5.97 Å². The van der Waals surface area contributed by atoms with Gasteiger partial charge in [-0.05, 0) is 64.2 Å². The predicted octanol–water partition coefficient (Wildman–Crippen LogP) is 5.11. The minimum atomic E-state index is -0.870. The summed E-state index contributed by atoms with van der Waals surface area (Å²) >= 11 is 1.34. The average molecular weight is 498 g/mol. The molecule has 0 bridgehead atoms. The van der Waals surface area contributed by atoms with Gasteiger partial charge in [0.1, 0.15) is 0 Å². The maximum absolute atomic E-state index is 12.8. The Kier molecular flexibility index (Phi) is 7.02. The quantitative estimate of drug-likeness (QED) is 0.480. The number of hydrogen-bond donors (Lipinski definition) is 1. The summed E-state index contributed by atoms with van der Waals surface area (Å²) in [6, 6.07) is 24.1. The van der Waals surface area contributed by atoms with Crippen molar-refractivity contribution in [2.24, 2.45) is 4.99 Å². The van der Waals surface area contributed by atoms with Crippen LogP contribution in [0.15, 0.2) is 82.7 Å². The smallest absolute Gasteiger partial charge is 0.307 e. The van der Waals surface area contributed by atoms with Crippen molar-refractivity contribution in [1.29, 1.82) is 0 Å². The summed E-state index contributed by atoms with van der Waals surface area (Å²) in [5.41, 5.74) is 6.50. The van der Waals surface area contributed by atoms with Crippen molar-refractivity contribution in [3.8, 4) is 0 Å². The van der Waals surface area contributed by atoms with Crippen LogP contribution >= 0.6 is 11.8 Å². The van der Waals surface area contributed by atoms with Crippen LogP contribution < -0.4 is 0 Å². The number of nitrogens with zero attached hydrogens (tertiary/aromatic N) is 3. The number of aliphatic imine (C=N–C) groups is 1. The first-order valence-corrected chi connectivity index (χ1v) is 12.7. The molecular weight excluding hydrogens is 470 g/mol. The molecule has 0 saturated carbocycles. The first-order valence-electron chi connectivity index (χ1n) is 11.9. The standard InChI is InChI=1S/C29H27N3O3S/c1-31-28(35)26(36-29(31)30-25-12-10-21(11-13-25)17-27(33)34)16-20-6-8-22(9-7-20)18-32-15-14-23-4-2-3-5-24(23)19-32/h2-13,16H,14-15,17-19H2,1H3,(H,33,34). The Balaban J connectivity index is 1.24. The van der Waals surface area contributed by atoms with Crippen molar-refractivity contribution in [1.82, 2.24) is 9.80 Å². The molecule has 2 aliphatic heterocycles. The number of amides is 1. The van der Waals surface area contributed by atoms with Gasteiger partial charge in [-0.1, -0.05) is 60.7 Å². The van der Waals surface area contributed by atoms with E-state index in [1.807, 2.05) is 6.08 Å². The zero-order chi connectivity index (χ0) is 25.1. The number of amidine groups is 1. The molecule has 5 rings (SSSR count). The minimum Gasteiger partial charge on any atom is -0.481 e. The van der Waals surface area contributed by atoms with Crippen LogP contribution in [0.4, 0.5) is 5.69 Å². The Morgan fingerprint density at radius 3 is 2.42 bits per heavy atom. The molecule has 1 saturated heterocycles. The topological polar surface area (TPSA) is 73.2 Å². The Morgan fingerprint density at radius 1 is 1.00 bits per heavy atom. The monoisotopic (exact) mass is 497 g/mol. The lowest BCUT2D eigenvalue weighted by molar-refractivity contribution is -0.136. The predicted molar refractivity (Wildman–Crippen MR) is 144 cm³/mol. The van der Waals surface area contributed by atoms with E-state index >= 15 is 0 Å². The second-order valence-corrected chi connectivity index (χ2v) is 10.1. The van der Waals surface area contributed by atoms with Crippen molar-refractivity contribution in [2.75, 3.05) is 13.6 Å². The van der Waals surface area contributed by atoms with Gasteiger partial charge in [0.15, 0.2) is 5.17 Å². The van der Waals surface area contributed by atoms with Gasteiger partial charge in [0.2, 0.25) is 0 Å². The van der Waals surface area contributed by atoms with Gasteiger partial charge in [-0.25, -0.2) is 4.99 Å². The zero-order valence-electron chi connectivity index (χ0n) is 20.1. The van der Waals surface area contributed by atoms with Crippen LogP contribution in [0, 0.1) is 0 Å². The molecule has 1 amide bonds. The SMILES string of the molecule is CN1C(=O)C(=Cc2ccc(CN3CCc4ccccc4C3)cc2)SC1=Nc1ccc(CC(=O)O)cc1. The normalized spacial score (nSPS) is 18.1. The Labute approximate surface area is 215 Å². The lowest BCUT2D eigenvalue weighted by atomic mass is 9.99. The third kappa shape index (κ3) is 5.58. The van der Waals surface area contributed by atoms with Crippen LogP contribution in [0.25, 0.3) is 6.08 Å². The van der Waals surface area contributed by atoms with E-state index in [-0.39, 0.29) is 12.3 Å². The van der Waals surface area contributed by atoms with Gasteiger partial charge in [0.05, 0.1) is 17.0 Å². The molecule has 3 aromatic carbocycles. The summed E-state index contributed by atoms with van der Waals surface area (Å²) in [6.07, 6.45) is 2.97. The number of fused-ring (bicyclic) bond motifs is 1. The summed E-state index contributed by atoms with van der Waals surface area (Å²) in [5, 5.41) is 9.51. The number of carbonyl (C=O) groups is 2. The number of thioether (sulfide) groups is 1. The number of rotatable bonds is 6. The molecule has 0 atom stereocenters. The third-order valence-electron chi connectivity index (χ3n) is 6.41. The molecule has 6 nitrogen and oxygen atoms in total. The fraction of sp³-hybridized carbons (Fsp3) is 0.207. The second kappa shape index (κ2) is 10.5. The number of likely N-dealkylation sites (N-methyl/N-ethyl adjacent to an activating group) is 1. The summed E-state index contributed by atoms with van der Waals surface area (Å²) in [7, 11) is 1.72. The fourth-order valence-electron chi connectivity index (χ4n) is 4.44. The van der Waals surface area contributed by atoms with Crippen LogP contribution in [0.5, 0.6) is 0 Å². The molecule has 0 radical (unpaired) electrons. The van der Waals surface area contributed by atoms with Gasteiger partial charge in [-0.15, -0.1) is 0 Å². The Hall–Kier alpha value is -3.68. The first kappa shape index (κ1) is 24.0. The van der Waals surface area contributed by atoms with Gasteiger partial charge in [-0.3, -0.25) is 19.4 Å².